The summed E-state index contributed by atoms with van der Waals surface area (Å²) in [5.74, 6) is 1.36. The van der Waals surface area contributed by atoms with Crippen LogP contribution in [-0.4, -0.2) is 24.3 Å². The molecule has 1 saturated carbocycles. The summed E-state index contributed by atoms with van der Waals surface area (Å²) in [5, 5.41) is 12.9. The summed E-state index contributed by atoms with van der Waals surface area (Å²) >= 11 is 0. The molecule has 58 valence electrons. The van der Waals surface area contributed by atoms with Crippen LogP contribution in [-0.2, 0) is 0 Å². The number of rotatable bonds is 0. The fraction of sp³-hybridized carbons (Fsp3) is 1.00. The predicted octanol–water partition coefficient (Wildman–Crippen LogP) is 0.367. The second-order valence-corrected chi connectivity index (χ2v) is 3.58. The van der Waals surface area contributed by atoms with Gasteiger partial charge in [-0.1, -0.05) is 6.42 Å². The zero-order chi connectivity index (χ0) is 6.97. The van der Waals surface area contributed by atoms with Crippen molar-refractivity contribution >= 4 is 0 Å². The molecule has 1 aliphatic heterocycles. The van der Waals surface area contributed by atoms with Crippen molar-refractivity contribution in [3.63, 3.8) is 0 Å². The smallest absolute Gasteiger partial charge is 0.0583 e. The maximum atomic E-state index is 9.54. The van der Waals surface area contributed by atoms with Crippen LogP contribution < -0.4 is 5.32 Å². The Morgan fingerprint density at radius 2 is 2.10 bits per heavy atom. The molecule has 2 N–H and O–H groups in total. The molecule has 0 unspecified atom stereocenters. The number of nitrogens with one attached hydrogen (secondary N) is 1. The Morgan fingerprint density at radius 3 is 2.90 bits per heavy atom. The molecule has 1 aliphatic carbocycles. The highest BCUT2D eigenvalue weighted by molar-refractivity contribution is 4.89. The van der Waals surface area contributed by atoms with Crippen LogP contribution in [0.4, 0.5) is 0 Å². The van der Waals surface area contributed by atoms with Crippen molar-refractivity contribution in [1.82, 2.24) is 5.32 Å². The summed E-state index contributed by atoms with van der Waals surface area (Å²) in [5.41, 5.74) is 0. The van der Waals surface area contributed by atoms with Crippen molar-refractivity contribution in [2.24, 2.45) is 11.8 Å². The van der Waals surface area contributed by atoms with Crippen molar-refractivity contribution in [2.75, 3.05) is 13.1 Å². The van der Waals surface area contributed by atoms with E-state index in [2.05, 4.69) is 5.32 Å². The Kier molecular flexibility index (Phi) is 1.66. The molecule has 1 saturated heterocycles. The molecule has 10 heavy (non-hydrogen) atoms. The molecule has 0 aromatic heterocycles. The minimum atomic E-state index is -0.00579. The van der Waals surface area contributed by atoms with Gasteiger partial charge in [-0.2, -0.15) is 0 Å². The van der Waals surface area contributed by atoms with Gasteiger partial charge in [0, 0.05) is 12.5 Å². The van der Waals surface area contributed by atoms with E-state index in [9.17, 15) is 5.11 Å². The third kappa shape index (κ3) is 0.956. The highest BCUT2D eigenvalue weighted by Crippen LogP contribution is 2.32. The molecule has 2 fully saturated rings. The molecular weight excluding hydrogens is 126 g/mol. The van der Waals surface area contributed by atoms with Crippen LogP contribution in [0.2, 0.25) is 0 Å². The van der Waals surface area contributed by atoms with Crippen molar-refractivity contribution in [3.05, 3.63) is 0 Å². The van der Waals surface area contributed by atoms with Crippen LogP contribution in [0.15, 0.2) is 0 Å². The molecule has 0 spiro atoms. The zero-order valence-electron chi connectivity index (χ0n) is 6.21. The molecule has 2 heteroatoms. The first-order chi connectivity index (χ1) is 4.88. The molecule has 3 atom stereocenters. The second kappa shape index (κ2) is 2.51. The highest BCUT2D eigenvalue weighted by atomic mass is 16.3. The number of fused-ring (bicyclic) bond motifs is 1. The molecule has 2 aliphatic rings. The lowest BCUT2D eigenvalue weighted by atomic mass is 9.80. The molecule has 0 bridgehead atoms. The van der Waals surface area contributed by atoms with Gasteiger partial charge in [-0.3, -0.25) is 0 Å². The molecule has 2 rings (SSSR count). The Bertz CT molecular complexity index is 126. The fourth-order valence-electron chi connectivity index (χ4n) is 2.32. The van der Waals surface area contributed by atoms with Crippen molar-refractivity contribution < 1.29 is 5.11 Å². The zero-order valence-corrected chi connectivity index (χ0v) is 6.21. The minimum Gasteiger partial charge on any atom is -0.393 e. The number of aliphatic hydroxyl groups excluding tert-OH is 1. The summed E-state index contributed by atoms with van der Waals surface area (Å²) in [4.78, 5) is 0. The third-order valence-corrected chi connectivity index (χ3v) is 2.96. The Morgan fingerprint density at radius 1 is 1.20 bits per heavy atom. The standard InChI is InChI=1S/C8H15NO/c10-8-3-1-2-6-4-9-5-7(6)8/h6-10H,1-5H2/t6-,7+,8+/m0/s1. The van der Waals surface area contributed by atoms with Gasteiger partial charge in [-0.05, 0) is 25.3 Å². The average molecular weight is 141 g/mol. The second-order valence-electron chi connectivity index (χ2n) is 3.58. The highest BCUT2D eigenvalue weighted by Gasteiger charge is 2.35. The first kappa shape index (κ1) is 6.62. The van der Waals surface area contributed by atoms with Crippen LogP contribution >= 0.6 is 0 Å². The van der Waals surface area contributed by atoms with Gasteiger partial charge >= 0.3 is 0 Å². The van der Waals surface area contributed by atoms with Gasteiger partial charge in [0.15, 0.2) is 0 Å². The number of hydrogen-bond donors (Lipinski definition) is 2. The molecule has 0 aromatic carbocycles. The van der Waals surface area contributed by atoms with Crippen LogP contribution in [0.5, 0.6) is 0 Å². The summed E-state index contributed by atoms with van der Waals surface area (Å²) < 4.78 is 0. The van der Waals surface area contributed by atoms with E-state index in [0.29, 0.717) is 5.92 Å². The largest absolute Gasteiger partial charge is 0.393 e. The summed E-state index contributed by atoms with van der Waals surface area (Å²) in [6, 6.07) is 0. The van der Waals surface area contributed by atoms with Crippen LogP contribution in [0.1, 0.15) is 19.3 Å². The lowest BCUT2D eigenvalue weighted by Crippen LogP contribution is -2.31. The van der Waals surface area contributed by atoms with E-state index in [4.69, 9.17) is 0 Å². The normalized spacial score (nSPS) is 47.1. The van der Waals surface area contributed by atoms with Crippen LogP contribution in [0.3, 0.4) is 0 Å². The molecule has 0 radical (unpaired) electrons. The van der Waals surface area contributed by atoms with Gasteiger partial charge in [-0.15, -0.1) is 0 Å². The third-order valence-electron chi connectivity index (χ3n) is 2.96. The molecule has 0 amide bonds. The van der Waals surface area contributed by atoms with E-state index >= 15 is 0 Å². The predicted molar refractivity (Wildman–Crippen MR) is 39.7 cm³/mol. The van der Waals surface area contributed by atoms with Gasteiger partial charge in [0.1, 0.15) is 0 Å². The molecule has 0 aromatic rings. The Labute approximate surface area is 61.6 Å². The van der Waals surface area contributed by atoms with Gasteiger partial charge in [0.05, 0.1) is 6.10 Å². The topological polar surface area (TPSA) is 32.3 Å². The van der Waals surface area contributed by atoms with Crippen LogP contribution in [0.25, 0.3) is 0 Å². The van der Waals surface area contributed by atoms with Crippen LogP contribution in [0, 0.1) is 11.8 Å². The van der Waals surface area contributed by atoms with Gasteiger partial charge in [-0.25, -0.2) is 0 Å². The molecule has 1 heterocycles. The van der Waals surface area contributed by atoms with Crippen molar-refractivity contribution in [1.29, 1.82) is 0 Å². The Hall–Kier alpha value is -0.0800. The first-order valence-electron chi connectivity index (χ1n) is 4.26. The SMILES string of the molecule is O[C@@H]1CCC[C@H]2CNC[C@H]21. The maximum absolute atomic E-state index is 9.54. The lowest BCUT2D eigenvalue weighted by molar-refractivity contribution is 0.0563. The van der Waals surface area contributed by atoms with E-state index in [1.54, 1.807) is 0 Å². The fourth-order valence-corrected chi connectivity index (χ4v) is 2.32. The lowest BCUT2D eigenvalue weighted by Gasteiger charge is -2.28. The molecule has 2 nitrogen and oxygen atoms in total. The van der Waals surface area contributed by atoms with Gasteiger partial charge < -0.3 is 10.4 Å². The van der Waals surface area contributed by atoms with Gasteiger partial charge in [0.2, 0.25) is 0 Å². The van der Waals surface area contributed by atoms with E-state index in [-0.39, 0.29) is 6.10 Å². The summed E-state index contributed by atoms with van der Waals surface area (Å²) in [6.07, 6.45) is 3.58. The first-order valence-corrected chi connectivity index (χ1v) is 4.26. The van der Waals surface area contributed by atoms with Crippen molar-refractivity contribution in [2.45, 2.75) is 25.4 Å². The minimum absolute atomic E-state index is 0.00579. The van der Waals surface area contributed by atoms with E-state index in [1.165, 1.54) is 12.8 Å². The molecular formula is C8H15NO. The quantitative estimate of drug-likeness (QED) is 0.510. The summed E-state index contributed by atoms with van der Waals surface area (Å²) in [7, 11) is 0. The van der Waals surface area contributed by atoms with E-state index < -0.39 is 0 Å². The maximum Gasteiger partial charge on any atom is 0.0583 e. The van der Waals surface area contributed by atoms with E-state index in [1.807, 2.05) is 0 Å². The number of hydrogen-bond acceptors (Lipinski definition) is 2. The average Bonchev–Trinajstić information content (AvgIpc) is 2.36. The summed E-state index contributed by atoms with van der Waals surface area (Å²) in [6.45, 7) is 2.19. The van der Waals surface area contributed by atoms with Gasteiger partial charge in [0.25, 0.3) is 0 Å². The van der Waals surface area contributed by atoms with E-state index in [0.717, 1.165) is 25.4 Å². The van der Waals surface area contributed by atoms with Crippen molar-refractivity contribution in [3.8, 4) is 0 Å². The number of aliphatic hydroxyl groups is 1. The Balaban J connectivity index is 2.03. The monoisotopic (exact) mass is 141 g/mol.